The van der Waals surface area contributed by atoms with E-state index in [4.69, 9.17) is 4.52 Å². The summed E-state index contributed by atoms with van der Waals surface area (Å²) >= 11 is 0. The fourth-order valence-corrected chi connectivity index (χ4v) is 3.09. The Balaban J connectivity index is 0.00000208. The zero-order valence-corrected chi connectivity index (χ0v) is 15.3. The number of hydrogen-bond donors (Lipinski definition) is 1. The van der Waals surface area contributed by atoms with E-state index in [2.05, 4.69) is 58.5 Å². The maximum absolute atomic E-state index is 5.42. The van der Waals surface area contributed by atoms with Gasteiger partial charge in [0, 0.05) is 32.1 Å². The lowest BCUT2D eigenvalue weighted by Crippen LogP contribution is -2.45. The second-order valence-corrected chi connectivity index (χ2v) is 6.14. The van der Waals surface area contributed by atoms with Crippen molar-refractivity contribution in [1.82, 2.24) is 20.4 Å². The molecule has 3 rings (SSSR count). The van der Waals surface area contributed by atoms with Crippen LogP contribution in [0.1, 0.15) is 49.2 Å². The number of halogens is 1. The van der Waals surface area contributed by atoms with Crippen LogP contribution in [0.25, 0.3) is 0 Å². The van der Waals surface area contributed by atoms with Gasteiger partial charge in [0.15, 0.2) is 5.82 Å². The molecule has 24 heavy (non-hydrogen) atoms. The molecule has 1 aromatic carbocycles. The highest BCUT2D eigenvalue weighted by molar-refractivity contribution is 5.85. The van der Waals surface area contributed by atoms with E-state index in [1.165, 1.54) is 11.1 Å². The minimum absolute atomic E-state index is 0. The fourth-order valence-electron chi connectivity index (χ4n) is 3.09. The van der Waals surface area contributed by atoms with Crippen LogP contribution >= 0.6 is 12.4 Å². The summed E-state index contributed by atoms with van der Waals surface area (Å²) in [6.45, 7) is 7.99. The molecule has 1 aromatic heterocycles. The molecule has 0 aliphatic carbocycles. The van der Waals surface area contributed by atoms with Gasteiger partial charge in [-0.25, -0.2) is 0 Å². The fraction of sp³-hybridized carbons (Fsp3) is 0.556. The van der Waals surface area contributed by atoms with Crippen molar-refractivity contribution in [3.8, 4) is 0 Å². The molecule has 0 saturated carbocycles. The van der Waals surface area contributed by atoms with Crippen molar-refractivity contribution in [2.45, 2.75) is 45.7 Å². The summed E-state index contributed by atoms with van der Waals surface area (Å²) in [6, 6.07) is 9.32. The van der Waals surface area contributed by atoms with Gasteiger partial charge in [-0.3, -0.25) is 4.90 Å². The first-order valence-electron chi connectivity index (χ1n) is 8.65. The Labute approximate surface area is 150 Å². The van der Waals surface area contributed by atoms with Crippen LogP contribution in [-0.2, 0) is 19.4 Å². The lowest BCUT2D eigenvalue weighted by molar-refractivity contribution is 0.135. The van der Waals surface area contributed by atoms with E-state index in [-0.39, 0.29) is 12.4 Å². The minimum atomic E-state index is 0. The molecule has 2 heterocycles. The highest BCUT2D eigenvalue weighted by atomic mass is 35.5. The van der Waals surface area contributed by atoms with E-state index in [1.807, 2.05) is 0 Å². The summed E-state index contributed by atoms with van der Waals surface area (Å²) in [7, 11) is 0. The van der Waals surface area contributed by atoms with Crippen molar-refractivity contribution >= 4 is 12.4 Å². The van der Waals surface area contributed by atoms with Crippen LogP contribution in [-0.4, -0.2) is 34.7 Å². The molecule has 0 bridgehead atoms. The first-order chi connectivity index (χ1) is 11.3. The summed E-state index contributed by atoms with van der Waals surface area (Å²) in [5.41, 5.74) is 2.73. The molecule has 2 aromatic rings. The van der Waals surface area contributed by atoms with Crippen LogP contribution in [0.3, 0.4) is 0 Å². The highest BCUT2D eigenvalue weighted by Crippen LogP contribution is 2.24. The Morgan fingerprint density at radius 3 is 2.75 bits per heavy atom. The molecule has 1 fully saturated rings. The molecular formula is C18H27ClN4O. The number of nitrogens with one attached hydrogen (secondary N) is 1. The first-order valence-corrected chi connectivity index (χ1v) is 8.65. The van der Waals surface area contributed by atoms with Gasteiger partial charge in [0.25, 0.3) is 0 Å². The van der Waals surface area contributed by atoms with Crippen molar-refractivity contribution < 1.29 is 4.52 Å². The van der Waals surface area contributed by atoms with Gasteiger partial charge in [-0.1, -0.05) is 43.3 Å². The third-order valence-electron chi connectivity index (χ3n) is 4.45. The van der Waals surface area contributed by atoms with Crippen LogP contribution in [0, 0.1) is 0 Å². The summed E-state index contributed by atoms with van der Waals surface area (Å²) in [5.74, 6) is 1.55. The minimum Gasteiger partial charge on any atom is -0.338 e. The largest absolute Gasteiger partial charge is 0.338 e. The average Bonchev–Trinajstić information content (AvgIpc) is 3.03. The summed E-state index contributed by atoms with van der Waals surface area (Å²) in [4.78, 5) is 6.94. The van der Waals surface area contributed by atoms with Gasteiger partial charge in [-0.2, -0.15) is 4.98 Å². The van der Waals surface area contributed by atoms with Crippen LogP contribution in [0.5, 0.6) is 0 Å². The van der Waals surface area contributed by atoms with Crippen molar-refractivity contribution in [2.24, 2.45) is 0 Å². The van der Waals surface area contributed by atoms with Gasteiger partial charge in [0.1, 0.15) is 0 Å². The molecule has 1 saturated heterocycles. The zero-order chi connectivity index (χ0) is 16.1. The molecule has 132 valence electrons. The number of rotatable bonds is 6. The number of benzene rings is 1. The second kappa shape index (κ2) is 9.16. The molecular weight excluding hydrogens is 324 g/mol. The Hall–Kier alpha value is -1.43. The molecule has 1 unspecified atom stereocenters. The van der Waals surface area contributed by atoms with Crippen molar-refractivity contribution in [1.29, 1.82) is 0 Å². The molecule has 0 amide bonds. The van der Waals surface area contributed by atoms with E-state index < -0.39 is 0 Å². The summed E-state index contributed by atoms with van der Waals surface area (Å²) in [6.07, 6.45) is 3.00. The van der Waals surface area contributed by atoms with E-state index in [0.29, 0.717) is 6.04 Å². The predicted octanol–water partition coefficient (Wildman–Crippen LogP) is 3.15. The average molecular weight is 351 g/mol. The van der Waals surface area contributed by atoms with Gasteiger partial charge in [-0.15, -0.1) is 12.4 Å². The molecule has 1 N–H and O–H groups in total. The summed E-state index contributed by atoms with van der Waals surface area (Å²) < 4.78 is 5.42. The second-order valence-electron chi connectivity index (χ2n) is 6.14. The maximum atomic E-state index is 5.42. The van der Waals surface area contributed by atoms with Crippen molar-refractivity contribution in [3.05, 3.63) is 47.1 Å². The van der Waals surface area contributed by atoms with E-state index in [9.17, 15) is 0 Å². The van der Waals surface area contributed by atoms with Gasteiger partial charge >= 0.3 is 0 Å². The quantitative estimate of drug-likeness (QED) is 0.867. The third-order valence-corrected chi connectivity index (χ3v) is 4.45. The Bertz CT molecular complexity index is 614. The van der Waals surface area contributed by atoms with E-state index in [1.54, 1.807) is 0 Å². The standard InChI is InChI=1S/C18H26N4O.ClH/c1-3-5-17-20-18(23-21-17)13-22-11-10-19-12-16(22)15-8-6-14(4-2)7-9-15;/h6-9,16,19H,3-5,10-13H2,1-2H3;1H. The smallest absolute Gasteiger partial charge is 0.240 e. The normalized spacial score (nSPS) is 18.3. The topological polar surface area (TPSA) is 54.2 Å². The number of piperazine rings is 1. The lowest BCUT2D eigenvalue weighted by atomic mass is 10.0. The molecule has 6 heteroatoms. The first kappa shape index (κ1) is 18.9. The number of hydrogen-bond acceptors (Lipinski definition) is 5. The van der Waals surface area contributed by atoms with E-state index in [0.717, 1.165) is 57.2 Å². The van der Waals surface area contributed by atoms with Crippen LogP contribution in [0.2, 0.25) is 0 Å². The Morgan fingerprint density at radius 2 is 2.04 bits per heavy atom. The SMILES string of the molecule is CCCc1noc(CN2CCNCC2c2ccc(CC)cc2)n1.Cl. The van der Waals surface area contributed by atoms with Gasteiger partial charge in [0.2, 0.25) is 5.89 Å². The van der Waals surface area contributed by atoms with Crippen molar-refractivity contribution in [2.75, 3.05) is 19.6 Å². The molecule has 0 radical (unpaired) electrons. The number of aromatic nitrogens is 2. The highest BCUT2D eigenvalue weighted by Gasteiger charge is 2.25. The predicted molar refractivity (Wildman–Crippen MR) is 97.4 cm³/mol. The lowest BCUT2D eigenvalue weighted by Gasteiger charge is -2.35. The van der Waals surface area contributed by atoms with Crippen LogP contribution < -0.4 is 5.32 Å². The number of nitrogens with zero attached hydrogens (tertiary/aromatic N) is 3. The molecule has 1 aliphatic rings. The Morgan fingerprint density at radius 1 is 1.25 bits per heavy atom. The van der Waals surface area contributed by atoms with Crippen LogP contribution in [0.4, 0.5) is 0 Å². The van der Waals surface area contributed by atoms with Crippen LogP contribution in [0.15, 0.2) is 28.8 Å². The van der Waals surface area contributed by atoms with Gasteiger partial charge in [-0.05, 0) is 24.0 Å². The Kier molecular flexibility index (Phi) is 7.21. The van der Waals surface area contributed by atoms with Crippen molar-refractivity contribution in [3.63, 3.8) is 0 Å². The van der Waals surface area contributed by atoms with E-state index >= 15 is 0 Å². The monoisotopic (exact) mass is 350 g/mol. The third kappa shape index (κ3) is 4.56. The molecule has 1 aliphatic heterocycles. The number of aryl methyl sites for hydroxylation is 2. The molecule has 5 nitrogen and oxygen atoms in total. The molecule has 0 spiro atoms. The summed E-state index contributed by atoms with van der Waals surface area (Å²) in [5, 5.41) is 7.56. The zero-order valence-electron chi connectivity index (χ0n) is 14.5. The van der Waals surface area contributed by atoms with Gasteiger partial charge < -0.3 is 9.84 Å². The maximum Gasteiger partial charge on any atom is 0.240 e. The van der Waals surface area contributed by atoms with Gasteiger partial charge in [0.05, 0.1) is 6.54 Å². The molecule has 1 atom stereocenters.